The van der Waals surface area contributed by atoms with Crippen LogP contribution in [-0.4, -0.2) is 65.1 Å². The summed E-state index contributed by atoms with van der Waals surface area (Å²) in [4.78, 5) is 0. The summed E-state index contributed by atoms with van der Waals surface area (Å²) >= 11 is 0. The lowest BCUT2D eigenvalue weighted by atomic mass is 10.2. The Labute approximate surface area is 114 Å². The summed E-state index contributed by atoms with van der Waals surface area (Å²) in [5, 5.41) is 7.61. The molecule has 0 radical (unpaired) electrons. The normalized spacial score (nSPS) is 16.3. The highest BCUT2D eigenvalue weighted by molar-refractivity contribution is 8.09. The van der Waals surface area contributed by atoms with Crippen LogP contribution in [0, 0.1) is 0 Å². The molecule has 0 bridgehead atoms. The van der Waals surface area contributed by atoms with Crippen LogP contribution >= 0.6 is 0 Å². The number of hydrogen-bond acceptors (Lipinski definition) is 7. The minimum absolute atomic E-state index is 0.209. The van der Waals surface area contributed by atoms with Crippen molar-refractivity contribution in [2.24, 2.45) is 0 Å². The molecule has 7 nitrogen and oxygen atoms in total. The standard InChI is InChI=1S/C9H20O7S3/c1-9(18(3,13)14,19(4,15)16)7-8(5-6-10)17(2,11)12/h8,10H,5-7H2,1-4H3. The summed E-state index contributed by atoms with van der Waals surface area (Å²) in [6.45, 7) is 0.522. The van der Waals surface area contributed by atoms with Crippen LogP contribution in [0.3, 0.4) is 0 Å². The Hall–Kier alpha value is -0.190. The number of rotatable bonds is 7. The zero-order chi connectivity index (χ0) is 15.7. The first kappa shape index (κ1) is 18.8. The van der Waals surface area contributed by atoms with Crippen molar-refractivity contribution >= 4 is 29.5 Å². The van der Waals surface area contributed by atoms with Crippen LogP contribution in [0.2, 0.25) is 0 Å². The summed E-state index contributed by atoms with van der Waals surface area (Å²) in [5.74, 6) is 0. The van der Waals surface area contributed by atoms with Crippen molar-refractivity contribution in [1.82, 2.24) is 0 Å². The van der Waals surface area contributed by atoms with E-state index in [9.17, 15) is 25.3 Å². The van der Waals surface area contributed by atoms with Crippen LogP contribution in [0.25, 0.3) is 0 Å². The fourth-order valence-electron chi connectivity index (χ4n) is 1.60. The van der Waals surface area contributed by atoms with Gasteiger partial charge in [-0.2, -0.15) is 0 Å². The van der Waals surface area contributed by atoms with Gasteiger partial charge in [0, 0.05) is 25.4 Å². The maximum Gasteiger partial charge on any atom is 0.171 e. The van der Waals surface area contributed by atoms with Crippen LogP contribution in [0.1, 0.15) is 19.8 Å². The van der Waals surface area contributed by atoms with Gasteiger partial charge in [0.2, 0.25) is 0 Å². The van der Waals surface area contributed by atoms with Crippen molar-refractivity contribution in [2.45, 2.75) is 29.1 Å². The van der Waals surface area contributed by atoms with Crippen molar-refractivity contribution in [2.75, 3.05) is 25.4 Å². The number of hydrogen-bond donors (Lipinski definition) is 1. The van der Waals surface area contributed by atoms with Gasteiger partial charge in [-0.3, -0.25) is 0 Å². The molecular weight excluding hydrogens is 316 g/mol. The van der Waals surface area contributed by atoms with Gasteiger partial charge in [-0.05, 0) is 19.8 Å². The molecular formula is C9H20O7S3. The second-order valence-corrected chi connectivity index (χ2v) is 12.3. The molecule has 0 saturated carbocycles. The molecule has 0 rings (SSSR count). The minimum Gasteiger partial charge on any atom is -0.396 e. The summed E-state index contributed by atoms with van der Waals surface area (Å²) in [5.41, 5.74) is 0. The van der Waals surface area contributed by atoms with Gasteiger partial charge in [0.1, 0.15) is 9.84 Å². The third kappa shape index (κ3) is 4.40. The van der Waals surface area contributed by atoms with Gasteiger partial charge >= 0.3 is 0 Å². The molecule has 0 aliphatic rings. The third-order valence-electron chi connectivity index (χ3n) is 3.22. The van der Waals surface area contributed by atoms with E-state index in [1.54, 1.807) is 0 Å². The molecule has 0 heterocycles. The van der Waals surface area contributed by atoms with Crippen LogP contribution < -0.4 is 0 Å². The second kappa shape index (κ2) is 5.66. The van der Waals surface area contributed by atoms with Crippen molar-refractivity contribution in [3.63, 3.8) is 0 Å². The molecule has 10 heteroatoms. The predicted octanol–water partition coefficient (Wildman–Crippen LogP) is -1.02. The molecule has 1 unspecified atom stereocenters. The van der Waals surface area contributed by atoms with E-state index in [0.29, 0.717) is 0 Å². The van der Waals surface area contributed by atoms with Gasteiger partial charge in [0.25, 0.3) is 0 Å². The van der Waals surface area contributed by atoms with Gasteiger partial charge in [-0.15, -0.1) is 0 Å². The Bertz CT molecular complexity index is 581. The Morgan fingerprint density at radius 2 is 1.32 bits per heavy atom. The van der Waals surface area contributed by atoms with E-state index in [1.807, 2.05) is 0 Å². The zero-order valence-electron chi connectivity index (χ0n) is 11.3. The molecule has 0 amide bonds. The number of aliphatic hydroxyl groups excluding tert-OH is 1. The van der Waals surface area contributed by atoms with E-state index in [4.69, 9.17) is 5.11 Å². The average molecular weight is 336 g/mol. The lowest BCUT2D eigenvalue weighted by Gasteiger charge is -2.29. The monoisotopic (exact) mass is 336 g/mol. The summed E-state index contributed by atoms with van der Waals surface area (Å²) in [7, 11) is -11.7. The predicted molar refractivity (Wildman–Crippen MR) is 73.0 cm³/mol. The average Bonchev–Trinajstić information content (AvgIpc) is 2.11. The van der Waals surface area contributed by atoms with Gasteiger partial charge in [0.15, 0.2) is 23.8 Å². The molecule has 1 N–H and O–H groups in total. The first-order chi connectivity index (χ1) is 8.17. The van der Waals surface area contributed by atoms with Gasteiger partial charge in [-0.25, -0.2) is 25.3 Å². The summed E-state index contributed by atoms with van der Waals surface area (Å²) < 4.78 is 67.8. The highest BCUT2D eigenvalue weighted by Gasteiger charge is 2.48. The van der Waals surface area contributed by atoms with Crippen molar-refractivity contribution < 1.29 is 30.4 Å². The lowest BCUT2D eigenvalue weighted by Crippen LogP contribution is -2.46. The fraction of sp³-hybridized carbons (Fsp3) is 1.00. The largest absolute Gasteiger partial charge is 0.396 e. The lowest BCUT2D eigenvalue weighted by molar-refractivity contribution is 0.282. The molecule has 0 fully saturated rings. The highest BCUT2D eigenvalue weighted by atomic mass is 32.3. The summed E-state index contributed by atoms with van der Waals surface area (Å²) in [6, 6.07) is 0. The Kier molecular flexibility index (Phi) is 5.61. The second-order valence-electron chi connectivity index (χ2n) is 4.85. The molecule has 0 aliphatic carbocycles. The number of sulfone groups is 3. The minimum atomic E-state index is -4.03. The van der Waals surface area contributed by atoms with E-state index in [2.05, 4.69) is 0 Å². The van der Waals surface area contributed by atoms with Gasteiger partial charge < -0.3 is 5.11 Å². The van der Waals surface area contributed by atoms with Crippen molar-refractivity contribution in [3.8, 4) is 0 Å². The SMILES string of the molecule is CC(CC(CCO)S(C)(=O)=O)(S(C)(=O)=O)S(C)(=O)=O. The molecule has 116 valence electrons. The zero-order valence-corrected chi connectivity index (χ0v) is 13.8. The molecule has 0 spiro atoms. The van der Waals surface area contributed by atoms with Crippen LogP contribution in [0.4, 0.5) is 0 Å². The maximum absolute atomic E-state index is 11.7. The third-order valence-corrected chi connectivity index (χ3v) is 10.1. The molecule has 1 atom stereocenters. The van der Waals surface area contributed by atoms with Crippen molar-refractivity contribution in [1.29, 1.82) is 0 Å². The van der Waals surface area contributed by atoms with Gasteiger partial charge in [-0.1, -0.05) is 0 Å². The topological polar surface area (TPSA) is 123 Å². The molecule has 0 aromatic rings. The van der Waals surface area contributed by atoms with Crippen LogP contribution in [0.5, 0.6) is 0 Å². The van der Waals surface area contributed by atoms with E-state index < -0.39 is 51.9 Å². The first-order valence-electron chi connectivity index (χ1n) is 5.35. The van der Waals surface area contributed by atoms with E-state index in [1.165, 1.54) is 0 Å². The van der Waals surface area contributed by atoms with E-state index >= 15 is 0 Å². The maximum atomic E-state index is 11.7. The first-order valence-corrected chi connectivity index (χ1v) is 11.1. The molecule has 0 aromatic carbocycles. The summed E-state index contributed by atoms with van der Waals surface area (Å²) in [6.07, 6.45) is 1.60. The molecule has 0 aliphatic heterocycles. The van der Waals surface area contributed by atoms with Crippen LogP contribution in [0.15, 0.2) is 0 Å². The Balaban J connectivity index is 5.86. The Morgan fingerprint density at radius 3 is 1.53 bits per heavy atom. The highest BCUT2D eigenvalue weighted by Crippen LogP contribution is 2.31. The van der Waals surface area contributed by atoms with Crippen molar-refractivity contribution in [3.05, 3.63) is 0 Å². The Morgan fingerprint density at radius 1 is 0.947 bits per heavy atom. The molecule has 19 heavy (non-hydrogen) atoms. The fourth-order valence-corrected chi connectivity index (χ4v) is 6.19. The van der Waals surface area contributed by atoms with E-state index in [0.717, 1.165) is 25.7 Å². The molecule has 0 aromatic heterocycles. The van der Waals surface area contributed by atoms with Crippen LogP contribution in [-0.2, 0) is 29.5 Å². The van der Waals surface area contributed by atoms with Gasteiger partial charge in [0.05, 0.1) is 5.25 Å². The van der Waals surface area contributed by atoms with E-state index in [-0.39, 0.29) is 6.42 Å². The quantitative estimate of drug-likeness (QED) is 0.631. The molecule has 0 saturated heterocycles. The number of aliphatic hydroxyl groups is 1. The smallest absolute Gasteiger partial charge is 0.171 e.